The van der Waals surface area contributed by atoms with Crippen LogP contribution < -0.4 is 5.32 Å². The van der Waals surface area contributed by atoms with E-state index in [9.17, 15) is 4.79 Å². The number of carbonyl (C=O) groups is 1. The largest absolute Gasteiger partial charge is 0.350 e. The number of amides is 1. The van der Waals surface area contributed by atoms with Crippen LogP contribution in [0.25, 0.3) is 0 Å². The minimum Gasteiger partial charge on any atom is -0.350 e. The Morgan fingerprint density at radius 2 is 2.40 bits per heavy atom. The summed E-state index contributed by atoms with van der Waals surface area (Å²) in [5, 5.41) is 10.8. The second-order valence-electron chi connectivity index (χ2n) is 1.63. The van der Waals surface area contributed by atoms with Crippen LogP contribution in [-0.4, -0.2) is 12.5 Å². The van der Waals surface area contributed by atoms with E-state index in [2.05, 4.69) is 11.9 Å². The Balaban J connectivity index is 3.42. The van der Waals surface area contributed by atoms with Crippen molar-refractivity contribution in [1.29, 1.82) is 5.26 Å². The van der Waals surface area contributed by atoms with Gasteiger partial charge in [-0.05, 0) is 0 Å². The first kappa shape index (κ1) is 8.99. The minimum absolute atomic E-state index is 0.135. The van der Waals surface area contributed by atoms with Crippen LogP contribution >= 0.6 is 11.6 Å². The van der Waals surface area contributed by atoms with Crippen molar-refractivity contribution in [2.75, 3.05) is 6.54 Å². The third kappa shape index (κ3) is 5.13. The molecular formula is C6H7ClN2O. The Morgan fingerprint density at radius 3 is 2.80 bits per heavy atom. The maximum atomic E-state index is 10.5. The number of halogens is 1. The lowest BCUT2D eigenvalue weighted by Crippen LogP contribution is -2.23. The highest BCUT2D eigenvalue weighted by Crippen LogP contribution is 1.92. The summed E-state index contributed by atoms with van der Waals surface area (Å²) in [6, 6.07) is 1.71. The summed E-state index contributed by atoms with van der Waals surface area (Å²) < 4.78 is 0. The van der Waals surface area contributed by atoms with Gasteiger partial charge in [-0.25, -0.2) is 0 Å². The molecule has 54 valence electrons. The van der Waals surface area contributed by atoms with Gasteiger partial charge >= 0.3 is 0 Å². The highest BCUT2D eigenvalue weighted by Gasteiger charge is 1.97. The second kappa shape index (κ2) is 4.83. The van der Waals surface area contributed by atoms with Gasteiger partial charge in [0.2, 0.25) is 5.91 Å². The molecule has 0 radical (unpaired) electrons. The molecule has 1 N–H and O–H groups in total. The quantitative estimate of drug-likeness (QED) is 0.660. The van der Waals surface area contributed by atoms with E-state index in [0.717, 1.165) is 0 Å². The number of hydrogen-bond donors (Lipinski definition) is 1. The summed E-state index contributed by atoms with van der Waals surface area (Å²) >= 11 is 5.33. The Kier molecular flexibility index (Phi) is 4.34. The molecule has 0 saturated carbocycles. The van der Waals surface area contributed by atoms with Gasteiger partial charge in [0, 0.05) is 5.03 Å². The third-order valence-electron chi connectivity index (χ3n) is 0.717. The molecule has 0 unspecified atom stereocenters. The SMILES string of the molecule is C=C(Cl)CNC(=O)CC#N. The highest BCUT2D eigenvalue weighted by molar-refractivity contribution is 6.29. The van der Waals surface area contributed by atoms with Crippen molar-refractivity contribution in [1.82, 2.24) is 5.32 Å². The van der Waals surface area contributed by atoms with Crippen LogP contribution in [0.1, 0.15) is 6.42 Å². The van der Waals surface area contributed by atoms with Gasteiger partial charge in [-0.2, -0.15) is 5.26 Å². The van der Waals surface area contributed by atoms with Crippen molar-refractivity contribution in [2.24, 2.45) is 0 Å². The number of nitrogens with one attached hydrogen (secondary N) is 1. The summed E-state index contributed by atoms with van der Waals surface area (Å²) in [5.74, 6) is -0.329. The Morgan fingerprint density at radius 1 is 1.80 bits per heavy atom. The molecule has 0 spiro atoms. The molecule has 0 aromatic carbocycles. The van der Waals surface area contributed by atoms with Gasteiger partial charge in [0.25, 0.3) is 0 Å². The van der Waals surface area contributed by atoms with Crippen molar-refractivity contribution < 1.29 is 4.79 Å². The normalized spacial score (nSPS) is 8.00. The van der Waals surface area contributed by atoms with E-state index >= 15 is 0 Å². The molecule has 0 aliphatic heterocycles. The van der Waals surface area contributed by atoms with Crippen LogP contribution in [0.4, 0.5) is 0 Å². The number of hydrogen-bond acceptors (Lipinski definition) is 2. The predicted molar refractivity (Wildman–Crippen MR) is 38.2 cm³/mol. The third-order valence-corrected chi connectivity index (χ3v) is 0.851. The fourth-order valence-corrected chi connectivity index (χ4v) is 0.396. The molecule has 0 atom stereocenters. The van der Waals surface area contributed by atoms with Gasteiger partial charge in [0.15, 0.2) is 0 Å². The van der Waals surface area contributed by atoms with Crippen LogP contribution in [0, 0.1) is 11.3 Å². The zero-order valence-corrected chi connectivity index (χ0v) is 6.11. The Bertz CT molecular complexity index is 183. The second-order valence-corrected chi connectivity index (χ2v) is 2.16. The highest BCUT2D eigenvalue weighted by atomic mass is 35.5. The fraction of sp³-hybridized carbons (Fsp3) is 0.333. The molecule has 1 amide bonds. The summed E-state index contributed by atoms with van der Waals surface area (Å²) in [6.45, 7) is 3.58. The molecule has 0 aliphatic rings. The lowest BCUT2D eigenvalue weighted by Gasteiger charge is -1.97. The molecule has 3 nitrogen and oxygen atoms in total. The van der Waals surface area contributed by atoms with Crippen LogP contribution in [0.2, 0.25) is 0 Å². The Labute approximate surface area is 64.3 Å². The molecular weight excluding hydrogens is 152 g/mol. The molecule has 0 bridgehead atoms. The first-order valence-electron chi connectivity index (χ1n) is 2.63. The maximum absolute atomic E-state index is 10.5. The van der Waals surface area contributed by atoms with Crippen LogP contribution in [0.5, 0.6) is 0 Å². The van der Waals surface area contributed by atoms with E-state index in [4.69, 9.17) is 16.9 Å². The maximum Gasteiger partial charge on any atom is 0.234 e. The smallest absolute Gasteiger partial charge is 0.234 e. The zero-order chi connectivity index (χ0) is 7.98. The number of rotatable bonds is 3. The van der Waals surface area contributed by atoms with Crippen LogP contribution in [0.15, 0.2) is 11.6 Å². The van der Waals surface area contributed by atoms with Crippen molar-refractivity contribution in [3.05, 3.63) is 11.6 Å². The molecule has 0 saturated heterocycles. The Hall–Kier alpha value is -1.01. The van der Waals surface area contributed by atoms with Gasteiger partial charge in [-0.3, -0.25) is 4.79 Å². The van der Waals surface area contributed by atoms with E-state index in [0.29, 0.717) is 5.03 Å². The first-order chi connectivity index (χ1) is 4.66. The standard InChI is InChI=1S/C6H7ClN2O/c1-5(7)4-9-6(10)2-3-8/h1-2,4H2,(H,9,10). The van der Waals surface area contributed by atoms with Gasteiger partial charge in [0.1, 0.15) is 6.42 Å². The van der Waals surface area contributed by atoms with E-state index in [1.165, 1.54) is 0 Å². The minimum atomic E-state index is -0.329. The lowest BCUT2D eigenvalue weighted by atomic mass is 10.4. The fourth-order valence-electron chi connectivity index (χ4n) is 0.329. The van der Waals surface area contributed by atoms with E-state index in [-0.39, 0.29) is 18.9 Å². The van der Waals surface area contributed by atoms with Gasteiger partial charge in [-0.15, -0.1) is 0 Å². The van der Waals surface area contributed by atoms with E-state index in [1.807, 2.05) is 0 Å². The number of nitriles is 1. The van der Waals surface area contributed by atoms with Crippen molar-refractivity contribution in [2.45, 2.75) is 6.42 Å². The molecule has 4 heteroatoms. The summed E-state index contributed by atoms with van der Waals surface area (Å²) in [7, 11) is 0. The van der Waals surface area contributed by atoms with Gasteiger partial charge in [0.05, 0.1) is 12.6 Å². The van der Waals surface area contributed by atoms with Gasteiger partial charge < -0.3 is 5.32 Å². The molecule has 0 aromatic heterocycles. The summed E-state index contributed by atoms with van der Waals surface area (Å²) in [5.41, 5.74) is 0. The molecule has 0 heterocycles. The molecule has 10 heavy (non-hydrogen) atoms. The van der Waals surface area contributed by atoms with Crippen molar-refractivity contribution in [3.63, 3.8) is 0 Å². The van der Waals surface area contributed by atoms with E-state index in [1.54, 1.807) is 6.07 Å². The van der Waals surface area contributed by atoms with Gasteiger partial charge in [-0.1, -0.05) is 18.2 Å². The monoisotopic (exact) mass is 158 g/mol. The van der Waals surface area contributed by atoms with Crippen LogP contribution in [-0.2, 0) is 4.79 Å². The first-order valence-corrected chi connectivity index (χ1v) is 3.01. The number of nitrogens with zero attached hydrogens (tertiary/aromatic N) is 1. The van der Waals surface area contributed by atoms with Crippen molar-refractivity contribution >= 4 is 17.5 Å². The van der Waals surface area contributed by atoms with Crippen molar-refractivity contribution in [3.8, 4) is 6.07 Å². The number of carbonyl (C=O) groups excluding carboxylic acids is 1. The molecule has 0 aliphatic carbocycles. The molecule has 0 rings (SSSR count). The average Bonchev–Trinajstić information content (AvgIpc) is 1.85. The predicted octanol–water partition coefficient (Wildman–Crippen LogP) is 0.769. The van der Waals surface area contributed by atoms with E-state index < -0.39 is 0 Å². The zero-order valence-electron chi connectivity index (χ0n) is 5.35. The lowest BCUT2D eigenvalue weighted by molar-refractivity contribution is -0.119. The topological polar surface area (TPSA) is 52.9 Å². The van der Waals surface area contributed by atoms with Crippen LogP contribution in [0.3, 0.4) is 0 Å². The molecule has 0 fully saturated rings. The summed E-state index contributed by atoms with van der Waals surface area (Å²) in [4.78, 5) is 10.5. The summed E-state index contributed by atoms with van der Waals surface area (Å²) in [6.07, 6.45) is -0.135. The average molecular weight is 159 g/mol. The molecule has 0 aromatic rings.